The van der Waals surface area contributed by atoms with Crippen LogP contribution < -0.4 is 5.32 Å². The molecule has 1 N–H and O–H groups in total. The van der Waals surface area contributed by atoms with E-state index in [4.69, 9.17) is 11.6 Å². The van der Waals surface area contributed by atoms with Crippen molar-refractivity contribution in [2.24, 2.45) is 0 Å². The topological polar surface area (TPSA) is 72.2 Å². The first-order valence-electron chi connectivity index (χ1n) is 6.70. The predicted octanol–water partition coefficient (Wildman–Crippen LogP) is 4.05. The smallest absolute Gasteiger partial charge is 0.285 e. The van der Waals surface area contributed by atoms with Crippen molar-refractivity contribution in [3.63, 3.8) is 0 Å². The number of nitrogens with zero attached hydrogens (tertiary/aromatic N) is 1. The van der Waals surface area contributed by atoms with Gasteiger partial charge in [0.15, 0.2) is 0 Å². The zero-order valence-corrected chi connectivity index (χ0v) is 12.9. The summed E-state index contributed by atoms with van der Waals surface area (Å²) in [5.41, 5.74) is 1.22. The fourth-order valence-electron chi connectivity index (χ4n) is 2.19. The van der Waals surface area contributed by atoms with Gasteiger partial charge in [-0.05, 0) is 37.6 Å². The summed E-state index contributed by atoms with van der Waals surface area (Å²) in [7, 11) is 0. The third kappa shape index (κ3) is 3.43. The van der Waals surface area contributed by atoms with Crippen LogP contribution >= 0.6 is 11.6 Å². The molecule has 0 aliphatic rings. The van der Waals surface area contributed by atoms with Gasteiger partial charge in [-0.1, -0.05) is 35.9 Å². The number of hydrogen-bond donors (Lipinski definition) is 1. The third-order valence-electron chi connectivity index (χ3n) is 3.38. The van der Waals surface area contributed by atoms with Gasteiger partial charge in [0.2, 0.25) is 0 Å². The molecule has 2 rings (SSSR count). The van der Waals surface area contributed by atoms with Crippen LogP contribution in [0.2, 0.25) is 5.02 Å². The maximum Gasteiger partial charge on any atom is 0.285 e. The van der Waals surface area contributed by atoms with Gasteiger partial charge in [-0.25, -0.2) is 0 Å². The molecule has 2 aromatic rings. The van der Waals surface area contributed by atoms with Crippen LogP contribution in [0.25, 0.3) is 0 Å². The van der Waals surface area contributed by atoms with Crippen LogP contribution in [0.1, 0.15) is 34.5 Å². The zero-order chi connectivity index (χ0) is 16.3. The molecule has 0 unspecified atom stereocenters. The quantitative estimate of drug-likeness (QED) is 0.682. The number of nitro groups is 1. The average Bonchev–Trinajstić information content (AvgIpc) is 2.47. The van der Waals surface area contributed by atoms with E-state index in [-0.39, 0.29) is 17.3 Å². The summed E-state index contributed by atoms with van der Waals surface area (Å²) in [6, 6.07) is 11.5. The minimum atomic E-state index is -0.531. The number of carbonyl (C=O) groups excluding carboxylic acids is 1. The number of para-hydroxylation sites is 1. The minimum Gasteiger partial charge on any atom is -0.345 e. The Balaban J connectivity index is 2.24. The van der Waals surface area contributed by atoms with E-state index in [1.165, 1.54) is 6.07 Å². The zero-order valence-electron chi connectivity index (χ0n) is 12.2. The molecule has 22 heavy (non-hydrogen) atoms. The lowest BCUT2D eigenvalue weighted by Gasteiger charge is -2.15. The second kappa shape index (κ2) is 6.58. The van der Waals surface area contributed by atoms with Crippen molar-refractivity contribution < 1.29 is 9.72 Å². The highest BCUT2D eigenvalue weighted by Crippen LogP contribution is 2.24. The van der Waals surface area contributed by atoms with Crippen molar-refractivity contribution in [3.8, 4) is 0 Å². The molecule has 2 aromatic carbocycles. The fourth-order valence-corrected chi connectivity index (χ4v) is 2.32. The van der Waals surface area contributed by atoms with Gasteiger partial charge in [0.1, 0.15) is 5.56 Å². The van der Waals surface area contributed by atoms with E-state index in [1.807, 2.05) is 6.92 Å². The van der Waals surface area contributed by atoms with Crippen molar-refractivity contribution in [1.29, 1.82) is 0 Å². The highest BCUT2D eigenvalue weighted by Gasteiger charge is 2.23. The molecule has 1 amide bonds. The predicted molar refractivity (Wildman–Crippen MR) is 85.2 cm³/mol. The van der Waals surface area contributed by atoms with Gasteiger partial charge in [-0.15, -0.1) is 0 Å². The lowest BCUT2D eigenvalue weighted by Crippen LogP contribution is -2.27. The van der Waals surface area contributed by atoms with Crippen molar-refractivity contribution in [2.45, 2.75) is 19.9 Å². The molecule has 0 aliphatic carbocycles. The van der Waals surface area contributed by atoms with E-state index in [0.717, 1.165) is 5.56 Å². The Kier molecular flexibility index (Phi) is 4.78. The van der Waals surface area contributed by atoms with E-state index in [9.17, 15) is 14.9 Å². The van der Waals surface area contributed by atoms with E-state index < -0.39 is 10.8 Å². The molecule has 0 saturated heterocycles. The molecule has 6 heteroatoms. The highest BCUT2D eigenvalue weighted by molar-refractivity contribution is 6.30. The van der Waals surface area contributed by atoms with Crippen LogP contribution in [0.3, 0.4) is 0 Å². The number of aryl methyl sites for hydroxylation is 1. The monoisotopic (exact) mass is 318 g/mol. The lowest BCUT2D eigenvalue weighted by molar-refractivity contribution is -0.385. The van der Waals surface area contributed by atoms with Gasteiger partial charge in [-0.2, -0.15) is 0 Å². The number of nitrogens with one attached hydrogen (secondary N) is 1. The standard InChI is InChI=1S/C16H15ClN2O3/c1-10-4-3-5-14(15(10)19(21)22)16(20)18-11(2)12-6-8-13(17)9-7-12/h3-9,11H,1-2H3,(H,18,20)/t11-/m0/s1. The van der Waals surface area contributed by atoms with Gasteiger partial charge >= 0.3 is 0 Å². The molecule has 0 aliphatic heterocycles. The SMILES string of the molecule is Cc1cccc(C(=O)N[C@@H](C)c2ccc(Cl)cc2)c1[N+](=O)[O-]. The molecular weight excluding hydrogens is 304 g/mol. The molecule has 0 radical (unpaired) electrons. The first-order valence-corrected chi connectivity index (χ1v) is 7.08. The normalized spacial score (nSPS) is 11.8. The molecule has 0 spiro atoms. The summed E-state index contributed by atoms with van der Waals surface area (Å²) in [5.74, 6) is -0.474. The first kappa shape index (κ1) is 16.0. The second-order valence-corrected chi connectivity index (χ2v) is 5.41. The number of rotatable bonds is 4. The summed E-state index contributed by atoms with van der Waals surface area (Å²) in [5, 5.41) is 14.5. The average molecular weight is 319 g/mol. The largest absolute Gasteiger partial charge is 0.345 e. The summed E-state index contributed by atoms with van der Waals surface area (Å²) < 4.78 is 0. The Hall–Kier alpha value is -2.40. The maximum absolute atomic E-state index is 12.3. The summed E-state index contributed by atoms with van der Waals surface area (Å²) >= 11 is 5.83. The van der Waals surface area contributed by atoms with E-state index in [0.29, 0.717) is 10.6 Å². The third-order valence-corrected chi connectivity index (χ3v) is 3.63. The summed E-state index contributed by atoms with van der Waals surface area (Å²) in [4.78, 5) is 23.0. The van der Waals surface area contributed by atoms with Crippen LogP contribution in [-0.2, 0) is 0 Å². The number of amides is 1. The fraction of sp³-hybridized carbons (Fsp3) is 0.188. The number of halogens is 1. The molecule has 0 aromatic heterocycles. The Labute approximate surface area is 133 Å². The summed E-state index contributed by atoms with van der Waals surface area (Å²) in [6.45, 7) is 3.42. The maximum atomic E-state index is 12.3. The lowest BCUT2D eigenvalue weighted by atomic mass is 10.1. The number of carbonyl (C=O) groups is 1. The Morgan fingerprint density at radius 3 is 2.45 bits per heavy atom. The number of benzene rings is 2. The molecule has 5 nitrogen and oxygen atoms in total. The van der Waals surface area contributed by atoms with Gasteiger partial charge in [0.25, 0.3) is 11.6 Å². The molecule has 0 heterocycles. The number of nitro benzene ring substituents is 1. The van der Waals surface area contributed by atoms with Crippen LogP contribution in [-0.4, -0.2) is 10.8 Å². The molecular formula is C16H15ClN2O3. The first-order chi connectivity index (χ1) is 10.4. The van der Waals surface area contributed by atoms with Crippen molar-refractivity contribution in [2.75, 3.05) is 0 Å². The Bertz CT molecular complexity index is 714. The van der Waals surface area contributed by atoms with Gasteiger partial charge in [-0.3, -0.25) is 14.9 Å². The second-order valence-electron chi connectivity index (χ2n) is 4.97. The highest BCUT2D eigenvalue weighted by atomic mass is 35.5. The molecule has 0 bridgehead atoms. The van der Waals surface area contributed by atoms with Gasteiger partial charge in [0, 0.05) is 10.6 Å². The Morgan fingerprint density at radius 1 is 1.23 bits per heavy atom. The van der Waals surface area contributed by atoms with Crippen molar-refractivity contribution >= 4 is 23.2 Å². The van der Waals surface area contributed by atoms with Crippen LogP contribution in [0.5, 0.6) is 0 Å². The van der Waals surface area contributed by atoms with Crippen molar-refractivity contribution in [3.05, 3.63) is 74.3 Å². The van der Waals surface area contributed by atoms with E-state index in [1.54, 1.807) is 43.3 Å². The van der Waals surface area contributed by atoms with Crippen molar-refractivity contribution in [1.82, 2.24) is 5.32 Å². The molecule has 0 fully saturated rings. The van der Waals surface area contributed by atoms with Crippen LogP contribution in [0.4, 0.5) is 5.69 Å². The molecule has 0 saturated carbocycles. The van der Waals surface area contributed by atoms with E-state index in [2.05, 4.69) is 5.32 Å². The molecule has 114 valence electrons. The van der Waals surface area contributed by atoms with Crippen LogP contribution in [0, 0.1) is 17.0 Å². The number of hydrogen-bond acceptors (Lipinski definition) is 3. The van der Waals surface area contributed by atoms with Gasteiger partial charge in [0.05, 0.1) is 11.0 Å². The molecule has 1 atom stereocenters. The Morgan fingerprint density at radius 2 is 1.86 bits per heavy atom. The van der Waals surface area contributed by atoms with Crippen LogP contribution in [0.15, 0.2) is 42.5 Å². The van der Waals surface area contributed by atoms with E-state index >= 15 is 0 Å². The summed E-state index contributed by atoms with van der Waals surface area (Å²) in [6.07, 6.45) is 0. The van der Waals surface area contributed by atoms with Gasteiger partial charge < -0.3 is 5.32 Å². The minimum absolute atomic E-state index is 0.0609.